The largest absolute Gasteiger partial charge is 0.345 e. The van der Waals surface area contributed by atoms with Gasteiger partial charge in [0, 0.05) is 30.1 Å². The molecule has 1 saturated heterocycles. The number of hydrogen-bond donors (Lipinski definition) is 2. The summed E-state index contributed by atoms with van der Waals surface area (Å²) in [6, 6.07) is 14.9. The van der Waals surface area contributed by atoms with E-state index in [1.165, 1.54) is 5.56 Å². The van der Waals surface area contributed by atoms with E-state index in [4.69, 9.17) is 11.6 Å². The highest BCUT2D eigenvalue weighted by atomic mass is 35.5. The number of aromatic nitrogens is 5. The number of aromatic amines is 1. The fraction of sp³-hybridized carbons (Fsp3) is 0.333. The Labute approximate surface area is 195 Å². The highest BCUT2D eigenvalue weighted by Gasteiger charge is 2.33. The van der Waals surface area contributed by atoms with E-state index in [9.17, 15) is 4.79 Å². The first-order valence-electron chi connectivity index (χ1n) is 11.3. The molecule has 168 valence electrons. The van der Waals surface area contributed by atoms with E-state index >= 15 is 0 Å². The van der Waals surface area contributed by atoms with Crippen LogP contribution in [0.3, 0.4) is 0 Å². The van der Waals surface area contributed by atoms with Crippen molar-refractivity contribution in [1.29, 1.82) is 0 Å². The van der Waals surface area contributed by atoms with Gasteiger partial charge in [-0.05, 0) is 43.5 Å². The molecule has 1 saturated carbocycles. The van der Waals surface area contributed by atoms with E-state index in [0.29, 0.717) is 16.8 Å². The van der Waals surface area contributed by atoms with Gasteiger partial charge in [0.25, 0.3) is 5.91 Å². The summed E-state index contributed by atoms with van der Waals surface area (Å²) in [7, 11) is 0. The number of likely N-dealkylation sites (tertiary alicyclic amines) is 1. The van der Waals surface area contributed by atoms with Crippen LogP contribution in [-0.4, -0.2) is 55.1 Å². The lowest BCUT2D eigenvalue weighted by atomic mass is 9.98. The van der Waals surface area contributed by atoms with Gasteiger partial charge in [-0.1, -0.05) is 41.1 Å². The minimum absolute atomic E-state index is 0.113. The summed E-state index contributed by atoms with van der Waals surface area (Å²) in [6.07, 6.45) is 3.98. The van der Waals surface area contributed by atoms with Gasteiger partial charge in [-0.3, -0.25) is 14.8 Å². The van der Waals surface area contributed by atoms with Crippen LogP contribution in [0.4, 0.5) is 0 Å². The molecule has 2 aromatic heterocycles. The average Bonchev–Trinajstić information content (AvgIpc) is 3.37. The molecule has 4 aromatic rings. The zero-order valence-corrected chi connectivity index (χ0v) is 19.0. The van der Waals surface area contributed by atoms with Crippen molar-refractivity contribution in [3.05, 3.63) is 64.9 Å². The fourth-order valence-electron chi connectivity index (χ4n) is 4.44. The predicted octanol–water partition coefficient (Wildman–Crippen LogP) is 3.98. The van der Waals surface area contributed by atoms with E-state index in [-0.39, 0.29) is 18.0 Å². The van der Waals surface area contributed by atoms with Crippen LogP contribution in [0, 0.1) is 0 Å². The molecule has 1 aliphatic carbocycles. The van der Waals surface area contributed by atoms with Gasteiger partial charge < -0.3 is 5.32 Å². The highest BCUT2D eigenvalue weighted by Crippen LogP contribution is 2.35. The van der Waals surface area contributed by atoms with Crippen molar-refractivity contribution >= 4 is 28.4 Å². The standard InChI is InChI=1S/C24H24ClN7O/c1-14(31-11-16(12-31)26-24(33)22-13-32(30-28-22)17-7-8-17)15-6-9-21-19(10-15)23(29-27-21)18-4-2-3-5-20(18)25/h2-6,9-10,13-14,16-17H,7-8,11-12H2,1H3,(H,26,33)(H,27,29). The van der Waals surface area contributed by atoms with Gasteiger partial charge in [0.2, 0.25) is 0 Å². The van der Waals surface area contributed by atoms with Crippen molar-refractivity contribution < 1.29 is 4.79 Å². The van der Waals surface area contributed by atoms with Crippen LogP contribution in [0.1, 0.15) is 47.9 Å². The summed E-state index contributed by atoms with van der Waals surface area (Å²) < 4.78 is 1.80. The summed E-state index contributed by atoms with van der Waals surface area (Å²) in [6.45, 7) is 3.78. The summed E-state index contributed by atoms with van der Waals surface area (Å²) in [5.74, 6) is -0.150. The molecule has 2 N–H and O–H groups in total. The van der Waals surface area contributed by atoms with Crippen molar-refractivity contribution in [2.24, 2.45) is 0 Å². The Kier molecular flexibility index (Phi) is 4.92. The van der Waals surface area contributed by atoms with E-state index < -0.39 is 0 Å². The molecular weight excluding hydrogens is 438 g/mol. The van der Waals surface area contributed by atoms with Crippen molar-refractivity contribution in [3.8, 4) is 11.3 Å². The van der Waals surface area contributed by atoms with Crippen molar-refractivity contribution in [2.75, 3.05) is 13.1 Å². The van der Waals surface area contributed by atoms with Gasteiger partial charge in [-0.25, -0.2) is 4.68 Å². The van der Waals surface area contributed by atoms with Crippen LogP contribution in [-0.2, 0) is 0 Å². The molecule has 0 radical (unpaired) electrons. The number of amides is 1. The maximum absolute atomic E-state index is 12.5. The zero-order valence-electron chi connectivity index (χ0n) is 18.2. The molecular formula is C24H24ClN7O. The van der Waals surface area contributed by atoms with E-state index in [1.807, 2.05) is 24.3 Å². The van der Waals surface area contributed by atoms with Gasteiger partial charge in [0.05, 0.1) is 28.8 Å². The van der Waals surface area contributed by atoms with Crippen LogP contribution in [0.15, 0.2) is 48.7 Å². The molecule has 0 spiro atoms. The molecule has 2 fully saturated rings. The Morgan fingerprint density at radius 1 is 1.21 bits per heavy atom. The summed E-state index contributed by atoms with van der Waals surface area (Å²) in [5, 5.41) is 20.5. The second kappa shape index (κ2) is 7.97. The topological polar surface area (TPSA) is 91.7 Å². The molecule has 1 unspecified atom stereocenters. The van der Waals surface area contributed by atoms with E-state index in [0.717, 1.165) is 48.1 Å². The molecule has 2 aliphatic rings. The predicted molar refractivity (Wildman–Crippen MR) is 126 cm³/mol. The number of carbonyl (C=O) groups excluding carboxylic acids is 1. The van der Waals surface area contributed by atoms with Gasteiger partial charge in [0.1, 0.15) is 5.69 Å². The minimum atomic E-state index is -0.150. The molecule has 33 heavy (non-hydrogen) atoms. The molecule has 1 aliphatic heterocycles. The Hall–Kier alpha value is -3.23. The minimum Gasteiger partial charge on any atom is -0.345 e. The number of H-pyrrole nitrogens is 1. The molecule has 2 aromatic carbocycles. The maximum atomic E-state index is 12.5. The number of hydrogen-bond acceptors (Lipinski definition) is 5. The van der Waals surface area contributed by atoms with Crippen LogP contribution in [0.5, 0.6) is 0 Å². The molecule has 1 amide bonds. The second-order valence-corrected chi connectivity index (χ2v) is 9.38. The van der Waals surface area contributed by atoms with E-state index in [1.54, 1.807) is 10.9 Å². The van der Waals surface area contributed by atoms with Crippen LogP contribution in [0.25, 0.3) is 22.2 Å². The van der Waals surface area contributed by atoms with Crippen LogP contribution in [0.2, 0.25) is 5.02 Å². The monoisotopic (exact) mass is 461 g/mol. The Morgan fingerprint density at radius 3 is 2.82 bits per heavy atom. The number of benzene rings is 2. The lowest BCUT2D eigenvalue weighted by molar-refractivity contribution is 0.0672. The van der Waals surface area contributed by atoms with Crippen LogP contribution >= 0.6 is 11.6 Å². The number of nitrogens with one attached hydrogen (secondary N) is 2. The molecule has 6 rings (SSSR count). The number of halogens is 1. The molecule has 8 nitrogen and oxygen atoms in total. The zero-order chi connectivity index (χ0) is 22.5. The first-order valence-corrected chi connectivity index (χ1v) is 11.6. The summed E-state index contributed by atoms with van der Waals surface area (Å²) in [5.41, 5.74) is 4.35. The first kappa shape index (κ1) is 20.4. The van der Waals surface area contributed by atoms with Gasteiger partial charge >= 0.3 is 0 Å². The van der Waals surface area contributed by atoms with Crippen molar-refractivity contribution in [2.45, 2.75) is 37.9 Å². The quantitative estimate of drug-likeness (QED) is 0.453. The average molecular weight is 462 g/mol. The Morgan fingerprint density at radius 2 is 2.03 bits per heavy atom. The number of fused-ring (bicyclic) bond motifs is 1. The number of nitrogens with zero attached hydrogens (tertiary/aromatic N) is 5. The summed E-state index contributed by atoms with van der Waals surface area (Å²) >= 11 is 6.42. The number of rotatable bonds is 6. The highest BCUT2D eigenvalue weighted by molar-refractivity contribution is 6.33. The Balaban J connectivity index is 1.13. The SMILES string of the molecule is CC(c1ccc2[nH]nc(-c3ccccc3Cl)c2c1)N1CC(NC(=O)c2cn(C3CC3)nn2)C1. The maximum Gasteiger partial charge on any atom is 0.273 e. The third kappa shape index (κ3) is 3.79. The summed E-state index contributed by atoms with van der Waals surface area (Å²) in [4.78, 5) is 14.9. The fourth-order valence-corrected chi connectivity index (χ4v) is 4.66. The van der Waals surface area contributed by atoms with Gasteiger partial charge in [-0.2, -0.15) is 5.10 Å². The molecule has 0 bridgehead atoms. The second-order valence-electron chi connectivity index (χ2n) is 8.97. The molecule has 3 heterocycles. The number of carbonyl (C=O) groups is 1. The van der Waals surface area contributed by atoms with Crippen LogP contribution < -0.4 is 5.32 Å². The smallest absolute Gasteiger partial charge is 0.273 e. The molecule has 1 atom stereocenters. The Bertz CT molecular complexity index is 1340. The lowest BCUT2D eigenvalue weighted by Gasteiger charge is -2.43. The van der Waals surface area contributed by atoms with Crippen molar-refractivity contribution in [3.63, 3.8) is 0 Å². The normalized spacial score (nSPS) is 17.8. The third-order valence-corrected chi connectivity index (χ3v) is 6.98. The van der Waals surface area contributed by atoms with Gasteiger partial charge in [-0.15, -0.1) is 5.10 Å². The van der Waals surface area contributed by atoms with Gasteiger partial charge in [0.15, 0.2) is 5.69 Å². The first-order chi connectivity index (χ1) is 16.1. The third-order valence-electron chi connectivity index (χ3n) is 6.65. The molecule has 9 heteroatoms. The van der Waals surface area contributed by atoms with Crippen molar-refractivity contribution in [1.82, 2.24) is 35.4 Å². The van der Waals surface area contributed by atoms with E-state index in [2.05, 4.69) is 55.8 Å². The lowest BCUT2D eigenvalue weighted by Crippen LogP contribution is -2.59.